The van der Waals surface area contributed by atoms with Crippen LogP contribution in [0.2, 0.25) is 0 Å². The molecule has 0 bridgehead atoms. The SMILES string of the molecule is COc1ccc(/C=C(/C(=O)Nc2cc(C(=O)O)ccc2O)c2ccccc2)cc1. The number of carbonyl (C=O) groups is 2. The van der Waals surface area contributed by atoms with Gasteiger partial charge >= 0.3 is 5.97 Å². The number of carboxylic acids is 1. The first-order valence-corrected chi connectivity index (χ1v) is 8.77. The number of benzene rings is 3. The zero-order valence-corrected chi connectivity index (χ0v) is 15.6. The van der Waals surface area contributed by atoms with Crippen LogP contribution in [0.5, 0.6) is 11.5 Å². The van der Waals surface area contributed by atoms with E-state index < -0.39 is 11.9 Å². The highest BCUT2D eigenvalue weighted by Gasteiger charge is 2.16. The fraction of sp³-hybridized carbons (Fsp3) is 0.0435. The summed E-state index contributed by atoms with van der Waals surface area (Å²) >= 11 is 0. The lowest BCUT2D eigenvalue weighted by atomic mass is 10.0. The van der Waals surface area contributed by atoms with Gasteiger partial charge in [-0.2, -0.15) is 0 Å². The second-order valence-corrected chi connectivity index (χ2v) is 6.19. The number of phenols is 1. The molecule has 0 aliphatic carbocycles. The average molecular weight is 389 g/mol. The van der Waals surface area contributed by atoms with Crippen LogP contribution in [0.4, 0.5) is 5.69 Å². The molecule has 29 heavy (non-hydrogen) atoms. The van der Waals surface area contributed by atoms with Crippen LogP contribution in [0.3, 0.4) is 0 Å². The maximum Gasteiger partial charge on any atom is 0.335 e. The van der Waals surface area contributed by atoms with Crippen molar-refractivity contribution >= 4 is 29.2 Å². The van der Waals surface area contributed by atoms with E-state index in [1.807, 2.05) is 30.3 Å². The third-order valence-electron chi connectivity index (χ3n) is 4.25. The maximum atomic E-state index is 13.0. The molecule has 3 rings (SSSR count). The maximum absolute atomic E-state index is 13.0. The highest BCUT2D eigenvalue weighted by Crippen LogP contribution is 2.27. The molecule has 1 amide bonds. The number of anilines is 1. The van der Waals surface area contributed by atoms with E-state index in [4.69, 9.17) is 9.84 Å². The van der Waals surface area contributed by atoms with Gasteiger partial charge in [0.25, 0.3) is 5.91 Å². The van der Waals surface area contributed by atoms with Gasteiger partial charge in [0.2, 0.25) is 0 Å². The summed E-state index contributed by atoms with van der Waals surface area (Å²) in [5.41, 5.74) is 1.79. The Morgan fingerprint density at radius 3 is 2.24 bits per heavy atom. The predicted molar refractivity (Wildman–Crippen MR) is 111 cm³/mol. The standard InChI is InChI=1S/C23H19NO5/c1-29-18-10-7-15(8-11-18)13-19(16-5-3-2-4-6-16)22(26)24-20-14-17(23(27)28)9-12-21(20)25/h2-14,25H,1H3,(H,24,26)(H,27,28)/b19-13+. The lowest BCUT2D eigenvalue weighted by Crippen LogP contribution is -2.14. The van der Waals surface area contributed by atoms with Gasteiger partial charge in [-0.05, 0) is 47.5 Å². The molecule has 146 valence electrons. The molecule has 6 heteroatoms. The first kappa shape index (κ1) is 19.7. The third-order valence-corrected chi connectivity index (χ3v) is 4.25. The summed E-state index contributed by atoms with van der Waals surface area (Å²) in [7, 11) is 1.57. The molecule has 0 fully saturated rings. The number of rotatable bonds is 6. The summed E-state index contributed by atoms with van der Waals surface area (Å²) in [6, 6.07) is 20.0. The fourth-order valence-corrected chi connectivity index (χ4v) is 2.72. The van der Waals surface area contributed by atoms with Crippen molar-refractivity contribution in [2.24, 2.45) is 0 Å². The zero-order valence-electron chi connectivity index (χ0n) is 15.6. The number of phenolic OH excluding ortho intramolecular Hbond substituents is 1. The van der Waals surface area contributed by atoms with Crippen molar-refractivity contribution in [3.05, 3.63) is 89.5 Å². The Morgan fingerprint density at radius 1 is 0.931 bits per heavy atom. The number of aromatic hydroxyl groups is 1. The first-order chi connectivity index (χ1) is 14.0. The van der Waals surface area contributed by atoms with Gasteiger partial charge in [0.15, 0.2) is 0 Å². The lowest BCUT2D eigenvalue weighted by molar-refractivity contribution is -0.111. The van der Waals surface area contributed by atoms with Crippen LogP contribution >= 0.6 is 0 Å². The molecule has 6 nitrogen and oxygen atoms in total. The molecule has 3 N–H and O–H groups in total. The van der Waals surface area contributed by atoms with E-state index in [1.165, 1.54) is 18.2 Å². The normalized spacial score (nSPS) is 11.0. The third kappa shape index (κ3) is 4.81. The number of nitrogens with one attached hydrogen (secondary N) is 1. The number of carboxylic acid groups (broad SMARTS) is 1. The van der Waals surface area contributed by atoms with Crippen LogP contribution in [0.1, 0.15) is 21.5 Å². The van der Waals surface area contributed by atoms with Crippen molar-refractivity contribution in [3.8, 4) is 11.5 Å². The van der Waals surface area contributed by atoms with Gasteiger partial charge in [0.1, 0.15) is 11.5 Å². The Kier molecular flexibility index (Phi) is 5.94. The minimum Gasteiger partial charge on any atom is -0.506 e. The number of ether oxygens (including phenoxy) is 1. The highest BCUT2D eigenvalue weighted by atomic mass is 16.5. The first-order valence-electron chi connectivity index (χ1n) is 8.77. The van der Waals surface area contributed by atoms with Crippen molar-refractivity contribution in [2.45, 2.75) is 0 Å². The van der Waals surface area contributed by atoms with Crippen LogP contribution in [0, 0.1) is 0 Å². The number of hydrogen-bond acceptors (Lipinski definition) is 4. The van der Waals surface area contributed by atoms with Crippen molar-refractivity contribution in [1.82, 2.24) is 0 Å². The molecule has 0 radical (unpaired) electrons. The predicted octanol–water partition coefficient (Wildman–Crippen LogP) is 4.28. The van der Waals surface area contributed by atoms with Gasteiger partial charge in [-0.1, -0.05) is 42.5 Å². The molecule has 0 spiro atoms. The monoisotopic (exact) mass is 389 g/mol. The summed E-state index contributed by atoms with van der Waals surface area (Å²) in [6.07, 6.45) is 1.71. The number of methoxy groups -OCH3 is 1. The van der Waals surface area contributed by atoms with Gasteiger partial charge in [-0.15, -0.1) is 0 Å². The molecular formula is C23H19NO5. The van der Waals surface area contributed by atoms with Crippen molar-refractivity contribution < 1.29 is 24.5 Å². The molecule has 0 heterocycles. The molecule has 0 saturated carbocycles. The van der Waals surface area contributed by atoms with E-state index in [1.54, 1.807) is 37.5 Å². The molecule has 0 aromatic heterocycles. The molecule has 0 aliphatic heterocycles. The average Bonchev–Trinajstić information content (AvgIpc) is 2.74. The van der Waals surface area contributed by atoms with Gasteiger partial charge in [0.05, 0.1) is 18.4 Å². The van der Waals surface area contributed by atoms with E-state index in [0.29, 0.717) is 16.9 Å². The number of aromatic carboxylic acids is 1. The zero-order chi connectivity index (χ0) is 20.8. The van der Waals surface area contributed by atoms with E-state index in [9.17, 15) is 14.7 Å². The lowest BCUT2D eigenvalue weighted by Gasteiger charge is -2.12. The number of carbonyl (C=O) groups excluding carboxylic acids is 1. The molecule has 0 aliphatic rings. The van der Waals surface area contributed by atoms with E-state index in [0.717, 1.165) is 5.56 Å². The van der Waals surface area contributed by atoms with Crippen LogP contribution in [-0.4, -0.2) is 29.2 Å². The largest absolute Gasteiger partial charge is 0.506 e. The Morgan fingerprint density at radius 2 is 1.62 bits per heavy atom. The summed E-state index contributed by atoms with van der Waals surface area (Å²) in [5, 5.41) is 21.8. The molecule has 3 aromatic rings. The summed E-state index contributed by atoms with van der Waals surface area (Å²) in [6.45, 7) is 0. The fourth-order valence-electron chi connectivity index (χ4n) is 2.72. The Hall–Kier alpha value is -4.06. The number of hydrogen-bond donors (Lipinski definition) is 3. The van der Waals surface area contributed by atoms with E-state index in [-0.39, 0.29) is 17.0 Å². The van der Waals surface area contributed by atoms with E-state index in [2.05, 4.69) is 5.32 Å². The van der Waals surface area contributed by atoms with Crippen LogP contribution in [0.15, 0.2) is 72.8 Å². The minimum absolute atomic E-state index is 0.0199. The van der Waals surface area contributed by atoms with Crippen LogP contribution < -0.4 is 10.1 Å². The molecule has 0 atom stereocenters. The topological polar surface area (TPSA) is 95.9 Å². The summed E-state index contributed by atoms with van der Waals surface area (Å²) < 4.78 is 5.15. The Labute approximate surface area is 167 Å². The Balaban J connectivity index is 1.98. The minimum atomic E-state index is -1.16. The van der Waals surface area contributed by atoms with Crippen LogP contribution in [-0.2, 0) is 4.79 Å². The van der Waals surface area contributed by atoms with Crippen molar-refractivity contribution in [3.63, 3.8) is 0 Å². The van der Waals surface area contributed by atoms with E-state index >= 15 is 0 Å². The van der Waals surface area contributed by atoms with Crippen molar-refractivity contribution in [2.75, 3.05) is 12.4 Å². The van der Waals surface area contributed by atoms with Gasteiger partial charge in [-0.3, -0.25) is 4.79 Å². The van der Waals surface area contributed by atoms with Gasteiger partial charge in [-0.25, -0.2) is 4.79 Å². The molecular weight excluding hydrogens is 370 g/mol. The molecule has 0 unspecified atom stereocenters. The quantitative estimate of drug-likeness (QED) is 0.332. The van der Waals surface area contributed by atoms with Crippen LogP contribution in [0.25, 0.3) is 11.6 Å². The second kappa shape index (κ2) is 8.75. The van der Waals surface area contributed by atoms with Crippen molar-refractivity contribution in [1.29, 1.82) is 0 Å². The smallest absolute Gasteiger partial charge is 0.335 e. The molecule has 0 saturated heterocycles. The van der Waals surface area contributed by atoms with Gasteiger partial charge in [0, 0.05) is 5.57 Å². The number of amides is 1. The van der Waals surface area contributed by atoms with Gasteiger partial charge < -0.3 is 20.3 Å². The molecule has 3 aromatic carbocycles. The second-order valence-electron chi connectivity index (χ2n) is 6.19. The summed E-state index contributed by atoms with van der Waals surface area (Å²) in [5.74, 6) is -1.16. The Bertz CT molecular complexity index is 1060. The summed E-state index contributed by atoms with van der Waals surface area (Å²) in [4.78, 5) is 24.2. The highest BCUT2D eigenvalue weighted by molar-refractivity contribution is 6.29.